The van der Waals surface area contributed by atoms with E-state index in [1.165, 1.54) is 17.7 Å². The van der Waals surface area contributed by atoms with Crippen LogP contribution in [-0.2, 0) is 6.54 Å². The topological polar surface area (TPSA) is 15.3 Å². The number of anilines is 1. The summed E-state index contributed by atoms with van der Waals surface area (Å²) in [6, 6.07) is 6.46. The standard InChI is InChI=1S/C16H25ClN2/c1-4-18-10-13-5-6-16(15(17)9-13)19-8-7-14(11-19)12(2)3/h5-6,9,12,14,18H,4,7-8,10-11H2,1-3H3. The number of nitrogens with one attached hydrogen (secondary N) is 1. The van der Waals surface area contributed by atoms with Crippen LogP contribution < -0.4 is 10.2 Å². The number of rotatable bonds is 5. The van der Waals surface area contributed by atoms with Crippen molar-refractivity contribution in [3.63, 3.8) is 0 Å². The molecule has 106 valence electrons. The van der Waals surface area contributed by atoms with Crippen molar-refractivity contribution in [2.75, 3.05) is 24.5 Å². The lowest BCUT2D eigenvalue weighted by Crippen LogP contribution is -2.21. The number of benzene rings is 1. The zero-order valence-corrected chi connectivity index (χ0v) is 13.0. The van der Waals surface area contributed by atoms with Crippen LogP contribution in [0, 0.1) is 11.8 Å². The highest BCUT2D eigenvalue weighted by molar-refractivity contribution is 6.33. The first-order chi connectivity index (χ1) is 9.11. The molecule has 1 aromatic rings. The maximum Gasteiger partial charge on any atom is 0.0642 e. The lowest BCUT2D eigenvalue weighted by Gasteiger charge is -2.21. The molecule has 0 aromatic heterocycles. The van der Waals surface area contributed by atoms with Gasteiger partial charge in [0.2, 0.25) is 0 Å². The van der Waals surface area contributed by atoms with Crippen LogP contribution in [0.1, 0.15) is 32.8 Å². The van der Waals surface area contributed by atoms with E-state index in [-0.39, 0.29) is 0 Å². The zero-order chi connectivity index (χ0) is 13.8. The van der Waals surface area contributed by atoms with Crippen molar-refractivity contribution in [1.29, 1.82) is 0 Å². The Labute approximate surface area is 122 Å². The fraction of sp³-hybridized carbons (Fsp3) is 0.625. The summed E-state index contributed by atoms with van der Waals surface area (Å²) in [6.07, 6.45) is 1.28. The highest BCUT2D eigenvalue weighted by atomic mass is 35.5. The van der Waals surface area contributed by atoms with Crippen molar-refractivity contribution in [1.82, 2.24) is 5.32 Å². The van der Waals surface area contributed by atoms with Gasteiger partial charge in [-0.05, 0) is 42.5 Å². The predicted octanol–water partition coefficient (Wildman–Crippen LogP) is 3.93. The van der Waals surface area contributed by atoms with Crippen LogP contribution in [0.2, 0.25) is 5.02 Å². The van der Waals surface area contributed by atoms with Gasteiger partial charge in [-0.25, -0.2) is 0 Å². The molecule has 1 heterocycles. The van der Waals surface area contributed by atoms with E-state index in [0.29, 0.717) is 0 Å². The van der Waals surface area contributed by atoms with Gasteiger partial charge in [-0.15, -0.1) is 0 Å². The Morgan fingerprint density at radius 3 is 2.79 bits per heavy atom. The Morgan fingerprint density at radius 2 is 2.21 bits per heavy atom. The van der Waals surface area contributed by atoms with E-state index in [1.54, 1.807) is 0 Å². The van der Waals surface area contributed by atoms with Crippen LogP contribution in [0.5, 0.6) is 0 Å². The maximum atomic E-state index is 6.45. The lowest BCUT2D eigenvalue weighted by atomic mass is 9.95. The fourth-order valence-corrected chi connectivity index (χ4v) is 3.06. The van der Waals surface area contributed by atoms with Crippen molar-refractivity contribution in [3.8, 4) is 0 Å². The van der Waals surface area contributed by atoms with Crippen LogP contribution in [-0.4, -0.2) is 19.6 Å². The smallest absolute Gasteiger partial charge is 0.0642 e. The van der Waals surface area contributed by atoms with Crippen LogP contribution in [0.15, 0.2) is 18.2 Å². The Hall–Kier alpha value is -0.730. The molecule has 1 aliphatic rings. The van der Waals surface area contributed by atoms with E-state index in [4.69, 9.17) is 11.6 Å². The molecule has 19 heavy (non-hydrogen) atoms. The molecule has 1 aliphatic heterocycles. The van der Waals surface area contributed by atoms with E-state index in [2.05, 4.69) is 49.2 Å². The second-order valence-electron chi connectivity index (χ2n) is 5.80. The molecule has 1 fully saturated rings. The minimum Gasteiger partial charge on any atom is -0.370 e. The molecule has 3 heteroatoms. The van der Waals surface area contributed by atoms with E-state index in [9.17, 15) is 0 Å². The van der Waals surface area contributed by atoms with Crippen molar-refractivity contribution >= 4 is 17.3 Å². The molecule has 0 amide bonds. The van der Waals surface area contributed by atoms with Crippen molar-refractivity contribution in [2.45, 2.75) is 33.7 Å². The van der Waals surface area contributed by atoms with Gasteiger partial charge in [-0.3, -0.25) is 0 Å². The molecule has 2 rings (SSSR count). The second-order valence-corrected chi connectivity index (χ2v) is 6.21. The molecule has 0 spiro atoms. The van der Waals surface area contributed by atoms with E-state index >= 15 is 0 Å². The highest BCUT2D eigenvalue weighted by Gasteiger charge is 2.26. The normalized spacial score (nSPS) is 19.4. The average Bonchev–Trinajstić information content (AvgIpc) is 2.86. The summed E-state index contributed by atoms with van der Waals surface area (Å²) in [6.45, 7) is 10.9. The zero-order valence-electron chi connectivity index (χ0n) is 12.2. The molecule has 0 bridgehead atoms. The molecular weight excluding hydrogens is 256 g/mol. The number of hydrogen-bond acceptors (Lipinski definition) is 2. The Kier molecular flexibility index (Phi) is 5.12. The van der Waals surface area contributed by atoms with Gasteiger partial charge in [0.15, 0.2) is 0 Å². The minimum absolute atomic E-state index is 0.761. The van der Waals surface area contributed by atoms with E-state index in [0.717, 1.165) is 43.0 Å². The summed E-state index contributed by atoms with van der Waals surface area (Å²) in [5, 5.41) is 4.22. The highest BCUT2D eigenvalue weighted by Crippen LogP contribution is 2.33. The molecule has 1 unspecified atom stereocenters. The van der Waals surface area contributed by atoms with Gasteiger partial charge in [0.05, 0.1) is 10.7 Å². The van der Waals surface area contributed by atoms with Crippen molar-refractivity contribution in [2.24, 2.45) is 11.8 Å². The van der Waals surface area contributed by atoms with Crippen LogP contribution in [0.3, 0.4) is 0 Å². The van der Waals surface area contributed by atoms with Crippen molar-refractivity contribution < 1.29 is 0 Å². The molecule has 1 N–H and O–H groups in total. The van der Waals surface area contributed by atoms with Crippen molar-refractivity contribution in [3.05, 3.63) is 28.8 Å². The van der Waals surface area contributed by atoms with Crippen LogP contribution in [0.4, 0.5) is 5.69 Å². The summed E-state index contributed by atoms with van der Waals surface area (Å²) in [4.78, 5) is 2.43. The minimum atomic E-state index is 0.761. The number of hydrogen-bond donors (Lipinski definition) is 1. The third kappa shape index (κ3) is 3.64. The Morgan fingerprint density at radius 1 is 1.42 bits per heavy atom. The predicted molar refractivity (Wildman–Crippen MR) is 84.0 cm³/mol. The fourth-order valence-electron chi connectivity index (χ4n) is 2.74. The number of nitrogens with zero attached hydrogens (tertiary/aromatic N) is 1. The molecule has 2 nitrogen and oxygen atoms in total. The summed E-state index contributed by atoms with van der Waals surface area (Å²) in [7, 11) is 0. The molecule has 0 saturated carbocycles. The van der Waals surface area contributed by atoms with Gasteiger partial charge < -0.3 is 10.2 Å². The lowest BCUT2D eigenvalue weighted by molar-refractivity contribution is 0.423. The molecule has 1 saturated heterocycles. The molecule has 1 atom stereocenters. The Balaban J connectivity index is 2.05. The summed E-state index contributed by atoms with van der Waals surface area (Å²) in [5.41, 5.74) is 2.46. The maximum absolute atomic E-state index is 6.45. The largest absolute Gasteiger partial charge is 0.370 e. The SMILES string of the molecule is CCNCc1ccc(N2CCC(C(C)C)C2)c(Cl)c1. The first kappa shape index (κ1) is 14.7. The van der Waals surface area contributed by atoms with Crippen LogP contribution in [0.25, 0.3) is 0 Å². The molecule has 0 aliphatic carbocycles. The average molecular weight is 281 g/mol. The molecule has 0 radical (unpaired) electrons. The van der Waals surface area contributed by atoms with Gasteiger partial charge in [-0.1, -0.05) is 38.4 Å². The summed E-state index contributed by atoms with van der Waals surface area (Å²) < 4.78 is 0. The van der Waals surface area contributed by atoms with E-state index in [1.807, 2.05) is 0 Å². The summed E-state index contributed by atoms with van der Waals surface area (Å²) in [5.74, 6) is 1.56. The first-order valence-electron chi connectivity index (χ1n) is 7.36. The van der Waals surface area contributed by atoms with E-state index < -0.39 is 0 Å². The molecular formula is C16H25ClN2. The first-order valence-corrected chi connectivity index (χ1v) is 7.73. The Bertz CT molecular complexity index is 417. The quantitative estimate of drug-likeness (QED) is 0.879. The van der Waals surface area contributed by atoms with Gasteiger partial charge >= 0.3 is 0 Å². The third-order valence-corrected chi connectivity index (χ3v) is 4.40. The monoisotopic (exact) mass is 280 g/mol. The van der Waals surface area contributed by atoms with Gasteiger partial charge in [0, 0.05) is 19.6 Å². The number of halogens is 1. The van der Waals surface area contributed by atoms with Gasteiger partial charge in [-0.2, -0.15) is 0 Å². The van der Waals surface area contributed by atoms with Gasteiger partial charge in [0.25, 0.3) is 0 Å². The van der Waals surface area contributed by atoms with Gasteiger partial charge in [0.1, 0.15) is 0 Å². The molecule has 1 aromatic carbocycles. The van der Waals surface area contributed by atoms with Crippen LogP contribution >= 0.6 is 11.6 Å². The third-order valence-electron chi connectivity index (χ3n) is 4.10. The second kappa shape index (κ2) is 6.62. The summed E-state index contributed by atoms with van der Waals surface area (Å²) >= 11 is 6.45.